The number of ether oxygens (including phenoxy) is 3. The van der Waals surface area contributed by atoms with Gasteiger partial charge in [0.2, 0.25) is 0 Å². The summed E-state index contributed by atoms with van der Waals surface area (Å²) in [5.74, 6) is 0.756. The van der Waals surface area contributed by atoms with E-state index >= 15 is 0 Å². The summed E-state index contributed by atoms with van der Waals surface area (Å²) in [6, 6.07) is 9.52. The Hall–Kier alpha value is -2.65. The first-order valence-electron chi connectivity index (χ1n) is 12.2. The molecular weight excluding hydrogens is 439 g/mol. The van der Waals surface area contributed by atoms with Crippen LogP contribution in [-0.4, -0.2) is 71.9 Å². The summed E-state index contributed by atoms with van der Waals surface area (Å²) >= 11 is 0. The summed E-state index contributed by atoms with van der Waals surface area (Å²) in [6.45, 7) is 4.20. The van der Waals surface area contributed by atoms with Crippen molar-refractivity contribution in [1.29, 1.82) is 0 Å². The van der Waals surface area contributed by atoms with Crippen LogP contribution in [0, 0.1) is 12.8 Å². The van der Waals surface area contributed by atoms with Crippen LogP contribution in [0.4, 0.5) is 9.18 Å². The molecule has 1 aliphatic carbocycles. The van der Waals surface area contributed by atoms with Crippen LogP contribution in [0.2, 0.25) is 0 Å². The lowest BCUT2D eigenvalue weighted by atomic mass is 9.93. The van der Waals surface area contributed by atoms with Crippen LogP contribution in [-0.2, 0) is 16.1 Å². The van der Waals surface area contributed by atoms with E-state index in [1.165, 1.54) is 6.42 Å². The number of benzene rings is 1. The van der Waals surface area contributed by atoms with Crippen LogP contribution in [0.3, 0.4) is 0 Å². The number of carbonyl (C=O) groups excluding carboxylic acids is 1. The summed E-state index contributed by atoms with van der Waals surface area (Å²) in [4.78, 5) is 14.6. The van der Waals surface area contributed by atoms with E-state index in [9.17, 15) is 9.18 Å². The number of alkyl carbamates (subject to hydrolysis) is 1. The SMILES string of the molecule is Cc1nn(C2CCC2)cc1OCC1CN(C2COCC2F)CC1NC(=O)OCc1ccccc1. The Morgan fingerprint density at radius 1 is 1.24 bits per heavy atom. The number of aryl methyl sites for hydroxylation is 1. The summed E-state index contributed by atoms with van der Waals surface area (Å²) < 4.78 is 33.3. The second-order valence-corrected chi connectivity index (χ2v) is 9.60. The number of likely N-dealkylation sites (tertiary alicyclic amines) is 1. The molecule has 0 spiro atoms. The minimum atomic E-state index is -1.02. The number of amides is 1. The molecule has 2 saturated heterocycles. The molecule has 1 N–H and O–H groups in total. The topological polar surface area (TPSA) is 77.9 Å². The Labute approximate surface area is 199 Å². The van der Waals surface area contributed by atoms with Crippen LogP contribution in [0.15, 0.2) is 36.5 Å². The fraction of sp³-hybridized carbons (Fsp3) is 0.600. The number of rotatable bonds is 8. The number of hydrogen-bond donors (Lipinski definition) is 1. The number of nitrogens with one attached hydrogen (secondary N) is 1. The Kier molecular flexibility index (Phi) is 7.01. The first-order chi connectivity index (χ1) is 16.6. The zero-order valence-corrected chi connectivity index (χ0v) is 19.6. The normalized spacial score (nSPS) is 27.5. The van der Waals surface area contributed by atoms with Gasteiger partial charge in [0, 0.05) is 19.0 Å². The molecule has 9 heteroatoms. The maximum absolute atomic E-state index is 14.4. The summed E-state index contributed by atoms with van der Waals surface area (Å²) in [5.41, 5.74) is 1.79. The van der Waals surface area contributed by atoms with Crippen molar-refractivity contribution in [3.8, 4) is 5.75 Å². The van der Waals surface area contributed by atoms with E-state index in [1.54, 1.807) is 0 Å². The molecule has 3 heterocycles. The van der Waals surface area contributed by atoms with E-state index in [0.717, 1.165) is 29.8 Å². The maximum Gasteiger partial charge on any atom is 0.407 e. The van der Waals surface area contributed by atoms with Crippen LogP contribution >= 0.6 is 0 Å². The minimum absolute atomic E-state index is 0.0106. The monoisotopic (exact) mass is 472 g/mol. The van der Waals surface area contributed by atoms with Crippen LogP contribution in [0.1, 0.15) is 36.6 Å². The third kappa shape index (κ3) is 5.20. The van der Waals surface area contributed by atoms with Gasteiger partial charge in [-0.25, -0.2) is 9.18 Å². The maximum atomic E-state index is 14.4. The van der Waals surface area contributed by atoms with Crippen molar-refractivity contribution in [3.63, 3.8) is 0 Å². The number of nitrogens with zero attached hydrogens (tertiary/aromatic N) is 3. The summed E-state index contributed by atoms with van der Waals surface area (Å²) in [6.07, 6.45) is 4.03. The highest BCUT2D eigenvalue weighted by Crippen LogP contribution is 2.33. The Bertz CT molecular complexity index is 967. The quantitative estimate of drug-likeness (QED) is 0.636. The molecule has 4 unspecified atom stereocenters. The van der Waals surface area contributed by atoms with Crippen LogP contribution in [0.5, 0.6) is 5.75 Å². The lowest BCUT2D eigenvalue weighted by Gasteiger charge is -2.25. The molecule has 34 heavy (non-hydrogen) atoms. The molecule has 184 valence electrons. The molecule has 3 aliphatic rings. The zero-order chi connectivity index (χ0) is 23.5. The van der Waals surface area contributed by atoms with Crippen molar-refractivity contribution in [2.75, 3.05) is 32.9 Å². The lowest BCUT2D eigenvalue weighted by Crippen LogP contribution is -2.44. The lowest BCUT2D eigenvalue weighted by molar-refractivity contribution is 0.130. The molecule has 3 fully saturated rings. The first-order valence-corrected chi connectivity index (χ1v) is 12.2. The van der Waals surface area contributed by atoms with Gasteiger partial charge in [0.15, 0.2) is 5.75 Å². The standard InChI is InChI=1S/C25H33FN4O4/c1-17-24(12-30(28-17)20-8-5-9-20)33-14-19-10-29(23-16-32-15-21(23)26)11-22(19)27-25(31)34-13-18-6-3-2-4-7-18/h2-4,6-7,12,19-23H,5,8-11,13-16H2,1H3,(H,27,31). The minimum Gasteiger partial charge on any atom is -0.490 e. The second-order valence-electron chi connectivity index (χ2n) is 9.60. The number of halogens is 1. The molecule has 1 amide bonds. The Balaban J connectivity index is 1.21. The molecule has 4 atom stereocenters. The highest BCUT2D eigenvalue weighted by molar-refractivity contribution is 5.67. The average molecular weight is 473 g/mol. The fourth-order valence-electron chi connectivity index (χ4n) is 4.92. The highest BCUT2D eigenvalue weighted by Gasteiger charge is 2.42. The van der Waals surface area contributed by atoms with Crippen molar-refractivity contribution in [3.05, 3.63) is 47.8 Å². The number of alkyl halides is 1. The van der Waals surface area contributed by atoms with Gasteiger partial charge in [-0.3, -0.25) is 9.58 Å². The molecule has 1 aromatic carbocycles. The zero-order valence-electron chi connectivity index (χ0n) is 19.6. The molecule has 1 aromatic heterocycles. The number of aromatic nitrogens is 2. The van der Waals surface area contributed by atoms with E-state index in [0.29, 0.717) is 32.3 Å². The average Bonchev–Trinajstić information content (AvgIpc) is 3.49. The van der Waals surface area contributed by atoms with E-state index < -0.39 is 12.3 Å². The molecule has 2 aromatic rings. The van der Waals surface area contributed by atoms with Crippen LogP contribution in [0.25, 0.3) is 0 Å². The van der Waals surface area contributed by atoms with Crippen molar-refractivity contribution < 1.29 is 23.4 Å². The van der Waals surface area contributed by atoms with Gasteiger partial charge in [0.25, 0.3) is 0 Å². The third-order valence-electron chi connectivity index (χ3n) is 7.21. The van der Waals surface area contributed by atoms with Gasteiger partial charge in [0.1, 0.15) is 18.5 Å². The Morgan fingerprint density at radius 3 is 2.76 bits per heavy atom. The van der Waals surface area contributed by atoms with Gasteiger partial charge in [-0.2, -0.15) is 5.10 Å². The summed E-state index contributed by atoms with van der Waals surface area (Å²) in [7, 11) is 0. The van der Waals surface area contributed by atoms with Crippen LogP contribution < -0.4 is 10.1 Å². The molecule has 1 saturated carbocycles. The predicted octanol–water partition coefficient (Wildman–Crippen LogP) is 3.26. The van der Waals surface area contributed by atoms with Crippen molar-refractivity contribution in [1.82, 2.24) is 20.0 Å². The van der Waals surface area contributed by atoms with Gasteiger partial charge >= 0.3 is 6.09 Å². The number of hydrogen-bond acceptors (Lipinski definition) is 6. The van der Waals surface area contributed by atoms with E-state index in [4.69, 9.17) is 14.2 Å². The van der Waals surface area contributed by atoms with Crippen molar-refractivity contribution in [2.24, 2.45) is 5.92 Å². The van der Waals surface area contributed by atoms with Crippen molar-refractivity contribution >= 4 is 6.09 Å². The predicted molar refractivity (Wildman–Crippen MR) is 123 cm³/mol. The van der Waals surface area contributed by atoms with Gasteiger partial charge in [0.05, 0.1) is 44.1 Å². The van der Waals surface area contributed by atoms with E-state index in [-0.39, 0.29) is 31.2 Å². The smallest absolute Gasteiger partial charge is 0.407 e. The second kappa shape index (κ2) is 10.3. The summed E-state index contributed by atoms with van der Waals surface area (Å²) in [5, 5.41) is 7.60. The third-order valence-corrected chi connectivity index (χ3v) is 7.21. The molecule has 2 aliphatic heterocycles. The Morgan fingerprint density at radius 2 is 2.06 bits per heavy atom. The molecule has 0 bridgehead atoms. The molecule has 0 radical (unpaired) electrons. The molecule has 5 rings (SSSR count). The largest absolute Gasteiger partial charge is 0.490 e. The molecular formula is C25H33FN4O4. The first kappa shape index (κ1) is 23.1. The fourth-order valence-corrected chi connectivity index (χ4v) is 4.92. The molecule has 8 nitrogen and oxygen atoms in total. The van der Waals surface area contributed by atoms with Gasteiger partial charge in [-0.05, 0) is 31.7 Å². The van der Waals surface area contributed by atoms with Gasteiger partial charge in [-0.1, -0.05) is 30.3 Å². The highest BCUT2D eigenvalue weighted by atomic mass is 19.1. The number of carbonyl (C=O) groups is 1. The van der Waals surface area contributed by atoms with E-state index in [1.807, 2.05) is 48.1 Å². The van der Waals surface area contributed by atoms with Gasteiger partial charge < -0.3 is 19.5 Å². The van der Waals surface area contributed by atoms with E-state index in [2.05, 4.69) is 15.3 Å². The van der Waals surface area contributed by atoms with Crippen molar-refractivity contribution in [2.45, 2.75) is 57.1 Å². The van der Waals surface area contributed by atoms with Gasteiger partial charge in [-0.15, -0.1) is 0 Å².